The van der Waals surface area contributed by atoms with Crippen molar-refractivity contribution in [1.82, 2.24) is 5.43 Å². The number of benzene rings is 3. The molecule has 0 saturated heterocycles. The highest BCUT2D eigenvalue weighted by atomic mass is 35.5. The van der Waals surface area contributed by atoms with Gasteiger partial charge in [0.1, 0.15) is 0 Å². The number of fused-ring (bicyclic) bond motifs is 1. The van der Waals surface area contributed by atoms with Crippen LogP contribution >= 0.6 is 11.6 Å². The summed E-state index contributed by atoms with van der Waals surface area (Å²) in [5.74, 6) is -0.154. The normalized spacial score (nSPS) is 11.4. The predicted octanol–water partition coefficient (Wildman–Crippen LogP) is 4.85. The molecule has 1 N–H and O–H groups in total. The van der Waals surface area contributed by atoms with E-state index in [0.29, 0.717) is 5.02 Å². The van der Waals surface area contributed by atoms with Crippen LogP contribution in [0.2, 0.25) is 5.02 Å². The molecule has 0 aliphatic rings. The van der Waals surface area contributed by atoms with Crippen molar-refractivity contribution >= 4 is 40.6 Å². The SMILES string of the molecule is O=C(Cc1cccc2ccccc12)N/N=C/C=C/c1ccccc1Cl. The highest BCUT2D eigenvalue weighted by Gasteiger charge is 2.05. The number of rotatable bonds is 5. The minimum absolute atomic E-state index is 0.154. The fraction of sp³-hybridized carbons (Fsp3) is 0.0476. The Labute approximate surface area is 151 Å². The standard InChI is InChI=1S/C21H17ClN2O/c22-20-13-4-2-8-17(20)11-6-14-23-24-21(25)15-18-10-5-9-16-7-1-3-12-19(16)18/h1-14H,15H2,(H,24,25)/b11-6+,23-14+. The highest BCUT2D eigenvalue weighted by Crippen LogP contribution is 2.19. The summed E-state index contributed by atoms with van der Waals surface area (Å²) in [6.45, 7) is 0. The predicted molar refractivity (Wildman–Crippen MR) is 105 cm³/mol. The van der Waals surface area contributed by atoms with Gasteiger partial charge in [-0.3, -0.25) is 4.79 Å². The fourth-order valence-electron chi connectivity index (χ4n) is 2.57. The number of hydrogen-bond acceptors (Lipinski definition) is 2. The van der Waals surface area contributed by atoms with E-state index < -0.39 is 0 Å². The maximum Gasteiger partial charge on any atom is 0.244 e. The van der Waals surface area contributed by atoms with E-state index in [1.54, 1.807) is 6.08 Å². The van der Waals surface area contributed by atoms with Gasteiger partial charge in [0.15, 0.2) is 0 Å². The number of hydrogen-bond donors (Lipinski definition) is 1. The van der Waals surface area contributed by atoms with Gasteiger partial charge >= 0.3 is 0 Å². The molecular weight excluding hydrogens is 332 g/mol. The molecule has 25 heavy (non-hydrogen) atoms. The quantitative estimate of drug-likeness (QED) is 0.519. The van der Waals surface area contributed by atoms with Crippen molar-refractivity contribution in [2.45, 2.75) is 6.42 Å². The van der Waals surface area contributed by atoms with Crippen LogP contribution in [0.3, 0.4) is 0 Å². The molecule has 0 bridgehead atoms. The van der Waals surface area contributed by atoms with Crippen LogP contribution in [-0.4, -0.2) is 12.1 Å². The average molecular weight is 349 g/mol. The smallest absolute Gasteiger partial charge is 0.244 e. The van der Waals surface area contributed by atoms with E-state index in [2.05, 4.69) is 10.5 Å². The number of carbonyl (C=O) groups is 1. The lowest BCUT2D eigenvalue weighted by Crippen LogP contribution is -2.19. The molecule has 0 heterocycles. The van der Waals surface area contributed by atoms with Crippen LogP contribution in [0.15, 0.2) is 77.9 Å². The van der Waals surface area contributed by atoms with Gasteiger partial charge in [0.05, 0.1) is 6.42 Å². The van der Waals surface area contributed by atoms with Crippen molar-refractivity contribution in [3.05, 3.63) is 89.0 Å². The van der Waals surface area contributed by atoms with Gasteiger partial charge in [-0.1, -0.05) is 78.3 Å². The zero-order chi connectivity index (χ0) is 17.5. The van der Waals surface area contributed by atoms with Gasteiger partial charge in [0.2, 0.25) is 5.91 Å². The van der Waals surface area contributed by atoms with Crippen LogP contribution in [0.4, 0.5) is 0 Å². The number of carbonyl (C=O) groups excluding carboxylic acids is 1. The van der Waals surface area contributed by atoms with Gasteiger partial charge in [-0.05, 0) is 34.0 Å². The van der Waals surface area contributed by atoms with E-state index in [0.717, 1.165) is 21.9 Å². The van der Waals surface area contributed by atoms with Gasteiger partial charge in [-0.15, -0.1) is 0 Å². The third-order valence-corrected chi connectivity index (χ3v) is 4.11. The molecule has 3 nitrogen and oxygen atoms in total. The molecule has 0 spiro atoms. The lowest BCUT2D eigenvalue weighted by Gasteiger charge is -2.05. The first-order valence-corrected chi connectivity index (χ1v) is 8.31. The van der Waals surface area contributed by atoms with E-state index in [4.69, 9.17) is 11.6 Å². The van der Waals surface area contributed by atoms with E-state index in [-0.39, 0.29) is 12.3 Å². The van der Waals surface area contributed by atoms with E-state index >= 15 is 0 Å². The van der Waals surface area contributed by atoms with E-state index in [9.17, 15) is 4.79 Å². The molecular formula is C21H17ClN2O. The molecule has 3 aromatic carbocycles. The van der Waals surface area contributed by atoms with Crippen LogP contribution in [-0.2, 0) is 11.2 Å². The molecule has 0 fully saturated rings. The summed E-state index contributed by atoms with van der Waals surface area (Å²) >= 11 is 6.06. The minimum atomic E-state index is -0.154. The molecule has 0 aliphatic carbocycles. The van der Waals surface area contributed by atoms with Gasteiger partial charge in [-0.2, -0.15) is 5.10 Å². The second-order valence-electron chi connectivity index (χ2n) is 5.51. The van der Waals surface area contributed by atoms with Gasteiger partial charge in [0, 0.05) is 11.2 Å². The van der Waals surface area contributed by atoms with Crippen LogP contribution < -0.4 is 5.43 Å². The lowest BCUT2D eigenvalue weighted by atomic mass is 10.0. The molecule has 124 valence electrons. The first-order chi connectivity index (χ1) is 12.2. The van der Waals surface area contributed by atoms with Crippen molar-refractivity contribution < 1.29 is 4.79 Å². The van der Waals surface area contributed by atoms with Gasteiger partial charge < -0.3 is 0 Å². The van der Waals surface area contributed by atoms with Crippen LogP contribution in [0.1, 0.15) is 11.1 Å². The zero-order valence-electron chi connectivity index (χ0n) is 13.5. The number of hydrazone groups is 1. The van der Waals surface area contributed by atoms with Gasteiger partial charge in [0.25, 0.3) is 0 Å². The number of nitrogens with zero attached hydrogens (tertiary/aromatic N) is 1. The monoisotopic (exact) mass is 348 g/mol. The van der Waals surface area contributed by atoms with Crippen molar-refractivity contribution in [3.63, 3.8) is 0 Å². The van der Waals surface area contributed by atoms with Crippen molar-refractivity contribution in [1.29, 1.82) is 0 Å². The minimum Gasteiger partial charge on any atom is -0.273 e. The highest BCUT2D eigenvalue weighted by molar-refractivity contribution is 6.32. The molecule has 3 rings (SSSR count). The maximum absolute atomic E-state index is 12.1. The van der Waals surface area contributed by atoms with E-state index in [1.807, 2.05) is 72.8 Å². The van der Waals surface area contributed by atoms with E-state index in [1.165, 1.54) is 6.21 Å². The van der Waals surface area contributed by atoms with Crippen LogP contribution in [0.5, 0.6) is 0 Å². The second kappa shape index (κ2) is 8.27. The molecule has 0 aromatic heterocycles. The van der Waals surface area contributed by atoms with Crippen LogP contribution in [0, 0.1) is 0 Å². The Morgan fingerprint density at radius 2 is 1.76 bits per heavy atom. The molecule has 3 aromatic rings. The molecule has 0 atom stereocenters. The summed E-state index contributed by atoms with van der Waals surface area (Å²) in [5.41, 5.74) is 4.43. The Hall–Kier alpha value is -2.91. The summed E-state index contributed by atoms with van der Waals surface area (Å²) in [7, 11) is 0. The van der Waals surface area contributed by atoms with Crippen LogP contribution in [0.25, 0.3) is 16.8 Å². The Morgan fingerprint density at radius 3 is 2.64 bits per heavy atom. The molecule has 0 saturated carbocycles. The number of nitrogens with one attached hydrogen (secondary N) is 1. The summed E-state index contributed by atoms with van der Waals surface area (Å²) in [6, 6.07) is 21.5. The average Bonchev–Trinajstić information content (AvgIpc) is 2.63. The Morgan fingerprint density at radius 1 is 1.00 bits per heavy atom. The summed E-state index contributed by atoms with van der Waals surface area (Å²) in [4.78, 5) is 12.1. The van der Waals surface area contributed by atoms with Gasteiger partial charge in [-0.25, -0.2) is 5.43 Å². The molecule has 1 amide bonds. The Kier molecular flexibility index (Phi) is 5.60. The summed E-state index contributed by atoms with van der Waals surface area (Å²) < 4.78 is 0. The lowest BCUT2D eigenvalue weighted by molar-refractivity contribution is -0.120. The third kappa shape index (κ3) is 4.55. The first kappa shape index (κ1) is 16.9. The fourth-order valence-corrected chi connectivity index (χ4v) is 2.77. The van der Waals surface area contributed by atoms with Crippen molar-refractivity contribution in [2.75, 3.05) is 0 Å². The molecule has 0 aliphatic heterocycles. The third-order valence-electron chi connectivity index (χ3n) is 3.76. The molecule has 0 radical (unpaired) electrons. The topological polar surface area (TPSA) is 41.5 Å². The van der Waals surface area contributed by atoms with Crippen molar-refractivity contribution in [3.8, 4) is 0 Å². The summed E-state index contributed by atoms with van der Waals surface area (Å²) in [5, 5.41) is 6.82. The molecule has 0 unspecified atom stereocenters. The largest absolute Gasteiger partial charge is 0.273 e. The second-order valence-corrected chi connectivity index (χ2v) is 5.92. The number of amides is 1. The number of allylic oxidation sites excluding steroid dienone is 1. The Balaban J connectivity index is 1.58. The maximum atomic E-state index is 12.1. The first-order valence-electron chi connectivity index (χ1n) is 7.94. The van der Waals surface area contributed by atoms with Crippen molar-refractivity contribution in [2.24, 2.45) is 5.10 Å². The number of halogens is 1. The zero-order valence-corrected chi connectivity index (χ0v) is 14.3. The summed E-state index contributed by atoms with van der Waals surface area (Å²) in [6.07, 6.45) is 5.39. The molecule has 4 heteroatoms. The Bertz CT molecular complexity index is 942.